The van der Waals surface area contributed by atoms with Gasteiger partial charge in [0.05, 0.1) is 0 Å². The summed E-state index contributed by atoms with van der Waals surface area (Å²) in [4.78, 5) is 24.8. The maximum absolute atomic E-state index is 12.0. The minimum absolute atomic E-state index is 0.0654. The molecule has 0 fully saturated rings. The summed E-state index contributed by atoms with van der Waals surface area (Å²) in [5, 5.41) is 16.7. The van der Waals surface area contributed by atoms with Crippen LogP contribution in [0, 0.1) is 0 Å². The van der Waals surface area contributed by atoms with Crippen LogP contribution in [0.25, 0.3) is 0 Å². The monoisotopic (exact) mass is 300 g/mol. The number of carbonyl (C=O) groups is 1. The van der Waals surface area contributed by atoms with Crippen LogP contribution in [0.1, 0.15) is 23.1 Å². The van der Waals surface area contributed by atoms with E-state index in [1.54, 1.807) is 30.3 Å². The molecular formula is C15H16N4O3. The van der Waals surface area contributed by atoms with Gasteiger partial charge in [0.2, 0.25) is 0 Å². The normalized spacial score (nSPS) is 12.6. The molecule has 0 aliphatic rings. The van der Waals surface area contributed by atoms with E-state index in [1.807, 2.05) is 0 Å². The molecule has 7 nitrogen and oxygen atoms in total. The highest BCUT2D eigenvalue weighted by Gasteiger charge is 2.23. The number of amides is 1. The van der Waals surface area contributed by atoms with Crippen molar-refractivity contribution in [3.8, 4) is 0 Å². The Morgan fingerprint density at radius 1 is 1.27 bits per heavy atom. The van der Waals surface area contributed by atoms with Gasteiger partial charge in [0.1, 0.15) is 13.2 Å². The van der Waals surface area contributed by atoms with Crippen molar-refractivity contribution >= 4 is 11.6 Å². The van der Waals surface area contributed by atoms with E-state index in [0.717, 1.165) is 0 Å². The third kappa shape index (κ3) is 3.26. The van der Waals surface area contributed by atoms with Gasteiger partial charge < -0.3 is 15.3 Å². The Hall–Kier alpha value is -2.80. The van der Waals surface area contributed by atoms with Crippen molar-refractivity contribution in [1.82, 2.24) is 15.3 Å². The Morgan fingerprint density at radius 2 is 1.95 bits per heavy atom. The van der Waals surface area contributed by atoms with Crippen molar-refractivity contribution in [2.24, 2.45) is 5.16 Å². The van der Waals surface area contributed by atoms with Crippen molar-refractivity contribution in [1.29, 1.82) is 0 Å². The molecule has 22 heavy (non-hydrogen) atoms. The average molecular weight is 300 g/mol. The summed E-state index contributed by atoms with van der Waals surface area (Å²) in [5.74, 6) is -0.181. The minimum Gasteiger partial charge on any atom is -0.398 e. The smallest absolute Gasteiger partial charge is 0.273 e. The molecule has 2 rings (SSSR count). The zero-order valence-electron chi connectivity index (χ0n) is 12.2. The zero-order valence-corrected chi connectivity index (χ0v) is 12.2. The Balaban J connectivity index is 2.50. The predicted octanol–water partition coefficient (Wildman–Crippen LogP) is 0.655. The van der Waals surface area contributed by atoms with Crippen molar-refractivity contribution in [3.05, 3.63) is 59.7 Å². The van der Waals surface area contributed by atoms with E-state index in [0.29, 0.717) is 11.1 Å². The summed E-state index contributed by atoms with van der Waals surface area (Å²) in [6.07, 6.45) is 2.00. The topological polar surface area (TPSA) is 96.7 Å². The molecule has 0 spiro atoms. The van der Waals surface area contributed by atoms with E-state index < -0.39 is 12.0 Å². The van der Waals surface area contributed by atoms with Gasteiger partial charge in [-0.3, -0.25) is 4.79 Å². The zero-order chi connectivity index (χ0) is 15.9. The van der Waals surface area contributed by atoms with E-state index in [4.69, 9.17) is 4.84 Å². The van der Waals surface area contributed by atoms with E-state index in [-0.39, 0.29) is 11.5 Å². The van der Waals surface area contributed by atoms with Crippen molar-refractivity contribution < 1.29 is 14.7 Å². The molecule has 0 radical (unpaired) electrons. The molecule has 1 unspecified atom stereocenters. The number of nitrogens with one attached hydrogen (secondary N) is 1. The first-order chi connectivity index (χ1) is 10.7. The number of aliphatic hydroxyl groups excluding tert-OH is 1. The van der Waals surface area contributed by atoms with Gasteiger partial charge in [-0.2, -0.15) is 0 Å². The highest BCUT2D eigenvalue weighted by Crippen LogP contribution is 2.23. The predicted molar refractivity (Wildman–Crippen MR) is 80.1 cm³/mol. The Bertz CT molecular complexity index is 673. The molecule has 1 heterocycles. The third-order valence-electron chi connectivity index (χ3n) is 2.97. The number of benzene rings is 1. The number of aliphatic hydroxyl groups is 1. The summed E-state index contributed by atoms with van der Waals surface area (Å²) in [5.41, 5.74) is 0.979. The Kier molecular flexibility index (Phi) is 5.16. The molecule has 2 N–H and O–H groups in total. The lowest BCUT2D eigenvalue weighted by molar-refractivity contribution is -0.114. The minimum atomic E-state index is -1.08. The number of hydrogen-bond donors (Lipinski definition) is 2. The van der Waals surface area contributed by atoms with E-state index in [1.165, 1.54) is 26.6 Å². The molecule has 1 atom stereocenters. The number of rotatable bonds is 5. The fourth-order valence-electron chi connectivity index (χ4n) is 1.96. The molecule has 1 aromatic carbocycles. The second-order valence-electron chi connectivity index (χ2n) is 4.30. The first kappa shape index (κ1) is 15.6. The molecule has 0 bridgehead atoms. The Labute approximate surface area is 127 Å². The summed E-state index contributed by atoms with van der Waals surface area (Å²) in [7, 11) is 2.84. The van der Waals surface area contributed by atoms with Gasteiger partial charge in [0, 0.05) is 25.0 Å². The fourth-order valence-corrected chi connectivity index (χ4v) is 1.96. The lowest BCUT2D eigenvalue weighted by Gasteiger charge is -2.14. The summed E-state index contributed by atoms with van der Waals surface area (Å²) >= 11 is 0. The van der Waals surface area contributed by atoms with Gasteiger partial charge in [-0.15, -0.1) is 0 Å². The SMILES string of the molecule is CNC(=O)C(=NOC)c1ccccc1C(O)c1ncccn1. The lowest BCUT2D eigenvalue weighted by atomic mass is 9.97. The summed E-state index contributed by atoms with van der Waals surface area (Å²) < 4.78 is 0. The number of aromatic nitrogens is 2. The van der Waals surface area contributed by atoms with Gasteiger partial charge in [-0.05, 0) is 11.6 Å². The van der Waals surface area contributed by atoms with Crippen LogP contribution in [0.2, 0.25) is 0 Å². The first-order valence-electron chi connectivity index (χ1n) is 6.56. The van der Waals surface area contributed by atoms with Gasteiger partial charge in [-0.25, -0.2) is 9.97 Å². The van der Waals surface area contributed by atoms with Gasteiger partial charge in [0.25, 0.3) is 5.91 Å². The van der Waals surface area contributed by atoms with Gasteiger partial charge >= 0.3 is 0 Å². The van der Waals surface area contributed by atoms with Crippen LogP contribution in [0.4, 0.5) is 0 Å². The van der Waals surface area contributed by atoms with E-state index >= 15 is 0 Å². The van der Waals surface area contributed by atoms with Crippen LogP contribution in [-0.4, -0.2) is 40.9 Å². The second-order valence-corrected chi connectivity index (χ2v) is 4.30. The Morgan fingerprint density at radius 3 is 2.59 bits per heavy atom. The van der Waals surface area contributed by atoms with Gasteiger partial charge in [-0.1, -0.05) is 29.4 Å². The third-order valence-corrected chi connectivity index (χ3v) is 2.97. The van der Waals surface area contributed by atoms with Crippen LogP contribution < -0.4 is 5.32 Å². The number of oxime groups is 1. The number of hydrogen-bond acceptors (Lipinski definition) is 6. The van der Waals surface area contributed by atoms with Crippen molar-refractivity contribution in [2.45, 2.75) is 6.10 Å². The molecule has 114 valence electrons. The summed E-state index contributed by atoms with van der Waals surface area (Å²) in [6, 6.07) is 8.51. The van der Waals surface area contributed by atoms with E-state index in [2.05, 4.69) is 20.4 Å². The maximum atomic E-state index is 12.0. The standard InChI is InChI=1S/C15H16N4O3/c1-16-15(21)12(19-22-2)10-6-3-4-7-11(10)13(20)14-17-8-5-9-18-14/h3-9,13,20H,1-2H3,(H,16,21). The van der Waals surface area contributed by atoms with Crippen LogP contribution in [-0.2, 0) is 9.63 Å². The molecule has 0 saturated heterocycles. The molecule has 7 heteroatoms. The largest absolute Gasteiger partial charge is 0.398 e. The fraction of sp³-hybridized carbons (Fsp3) is 0.200. The molecular weight excluding hydrogens is 284 g/mol. The molecule has 2 aromatic rings. The van der Waals surface area contributed by atoms with Crippen LogP contribution in [0.15, 0.2) is 47.9 Å². The van der Waals surface area contributed by atoms with Crippen LogP contribution >= 0.6 is 0 Å². The van der Waals surface area contributed by atoms with Crippen molar-refractivity contribution in [3.63, 3.8) is 0 Å². The molecule has 0 aliphatic heterocycles. The average Bonchev–Trinajstić information content (AvgIpc) is 2.59. The maximum Gasteiger partial charge on any atom is 0.273 e. The van der Waals surface area contributed by atoms with Crippen molar-refractivity contribution in [2.75, 3.05) is 14.2 Å². The molecule has 1 aromatic heterocycles. The first-order valence-corrected chi connectivity index (χ1v) is 6.56. The molecule has 0 aliphatic carbocycles. The molecule has 1 amide bonds. The quantitative estimate of drug-likeness (QED) is 0.624. The van der Waals surface area contributed by atoms with E-state index in [9.17, 15) is 9.90 Å². The van der Waals surface area contributed by atoms with Gasteiger partial charge in [0.15, 0.2) is 11.5 Å². The lowest BCUT2D eigenvalue weighted by Crippen LogP contribution is -2.29. The highest BCUT2D eigenvalue weighted by molar-refractivity contribution is 6.45. The summed E-state index contributed by atoms with van der Waals surface area (Å²) in [6.45, 7) is 0. The van der Waals surface area contributed by atoms with Crippen LogP contribution in [0.3, 0.4) is 0 Å². The second kappa shape index (κ2) is 7.28. The van der Waals surface area contributed by atoms with Crippen LogP contribution in [0.5, 0.6) is 0 Å². The number of nitrogens with zero attached hydrogens (tertiary/aromatic N) is 3. The highest BCUT2D eigenvalue weighted by atomic mass is 16.6. The number of carbonyl (C=O) groups excluding carboxylic acids is 1. The molecule has 0 saturated carbocycles. The number of likely N-dealkylation sites (N-methyl/N-ethyl adjacent to an activating group) is 1.